The zero-order chi connectivity index (χ0) is 16.9. The predicted octanol–water partition coefficient (Wildman–Crippen LogP) is 4.28. The van der Waals surface area contributed by atoms with Gasteiger partial charge in [0, 0.05) is 29.5 Å². The van der Waals surface area contributed by atoms with Crippen LogP contribution in [0, 0.1) is 0 Å². The lowest BCUT2D eigenvalue weighted by Crippen LogP contribution is -2.37. The van der Waals surface area contributed by atoms with Crippen LogP contribution in [-0.4, -0.2) is 35.4 Å². The van der Waals surface area contributed by atoms with Crippen LogP contribution in [0.4, 0.5) is 0 Å². The third-order valence-corrected chi connectivity index (χ3v) is 5.94. The number of amides is 1. The standard InChI is InChI=1S/C19H21NO2S2/c1-23-17-6-4-15(5-7-17)18(21)12-16-3-2-9-20(16)19(22)11-14-8-10-24-13-14/h4-8,10,13,16H,2-3,9,11-12H2,1H3/t16-/m0/s1. The molecule has 0 radical (unpaired) electrons. The third-order valence-electron chi connectivity index (χ3n) is 4.47. The van der Waals surface area contributed by atoms with Crippen LogP contribution in [-0.2, 0) is 11.2 Å². The molecule has 3 nitrogen and oxygen atoms in total. The average Bonchev–Trinajstić information content (AvgIpc) is 3.26. The van der Waals surface area contributed by atoms with Gasteiger partial charge in [0.1, 0.15) is 0 Å². The molecule has 1 fully saturated rings. The fraction of sp³-hybridized carbons (Fsp3) is 0.368. The minimum Gasteiger partial charge on any atom is -0.339 e. The highest BCUT2D eigenvalue weighted by molar-refractivity contribution is 7.98. The summed E-state index contributed by atoms with van der Waals surface area (Å²) < 4.78 is 0. The van der Waals surface area contributed by atoms with Crippen molar-refractivity contribution in [1.82, 2.24) is 4.90 Å². The van der Waals surface area contributed by atoms with E-state index in [9.17, 15) is 9.59 Å². The van der Waals surface area contributed by atoms with Crippen LogP contribution in [0.25, 0.3) is 0 Å². The van der Waals surface area contributed by atoms with E-state index in [4.69, 9.17) is 0 Å². The van der Waals surface area contributed by atoms with Crippen molar-refractivity contribution in [3.8, 4) is 0 Å². The second kappa shape index (κ2) is 7.99. The van der Waals surface area contributed by atoms with Crippen molar-refractivity contribution in [3.05, 3.63) is 52.2 Å². The summed E-state index contributed by atoms with van der Waals surface area (Å²) >= 11 is 3.27. The number of rotatable bonds is 6. The van der Waals surface area contributed by atoms with Gasteiger partial charge in [-0.1, -0.05) is 12.1 Å². The summed E-state index contributed by atoms with van der Waals surface area (Å²) in [6.45, 7) is 0.770. The SMILES string of the molecule is CSc1ccc(C(=O)C[C@@H]2CCCN2C(=O)Cc2ccsc2)cc1. The van der Waals surface area contributed by atoms with E-state index in [1.54, 1.807) is 23.1 Å². The Morgan fingerprint density at radius 3 is 2.71 bits per heavy atom. The lowest BCUT2D eigenvalue weighted by Gasteiger charge is -2.24. The van der Waals surface area contributed by atoms with Gasteiger partial charge in [-0.05, 0) is 53.6 Å². The van der Waals surface area contributed by atoms with Crippen molar-refractivity contribution >= 4 is 34.8 Å². The molecular weight excluding hydrogens is 338 g/mol. The van der Waals surface area contributed by atoms with Gasteiger partial charge in [-0.15, -0.1) is 11.8 Å². The van der Waals surface area contributed by atoms with Gasteiger partial charge < -0.3 is 4.90 Å². The number of nitrogens with zero attached hydrogens (tertiary/aromatic N) is 1. The molecule has 1 aliphatic rings. The predicted molar refractivity (Wildman–Crippen MR) is 99.9 cm³/mol. The topological polar surface area (TPSA) is 37.4 Å². The molecule has 0 spiro atoms. The largest absolute Gasteiger partial charge is 0.339 e. The molecule has 1 amide bonds. The molecule has 0 unspecified atom stereocenters. The first-order chi connectivity index (χ1) is 11.7. The highest BCUT2D eigenvalue weighted by Crippen LogP contribution is 2.24. The molecule has 1 saturated heterocycles. The molecule has 24 heavy (non-hydrogen) atoms. The van der Waals surface area contributed by atoms with E-state index in [2.05, 4.69) is 0 Å². The number of thiophene rings is 1. The van der Waals surface area contributed by atoms with Gasteiger partial charge in [-0.25, -0.2) is 0 Å². The van der Waals surface area contributed by atoms with Gasteiger partial charge in [0.05, 0.1) is 6.42 Å². The van der Waals surface area contributed by atoms with Gasteiger partial charge in [0.15, 0.2) is 5.78 Å². The number of Topliss-reactive ketones (excluding diaryl/α,β-unsaturated/α-hetero) is 1. The van der Waals surface area contributed by atoms with Crippen molar-refractivity contribution in [1.29, 1.82) is 0 Å². The molecule has 1 aromatic carbocycles. The number of hydrogen-bond acceptors (Lipinski definition) is 4. The average molecular weight is 360 g/mol. The molecule has 1 atom stereocenters. The zero-order valence-electron chi connectivity index (χ0n) is 13.7. The van der Waals surface area contributed by atoms with Crippen LogP contribution in [0.15, 0.2) is 46.0 Å². The molecule has 0 N–H and O–H groups in total. The van der Waals surface area contributed by atoms with Crippen LogP contribution in [0.3, 0.4) is 0 Å². The summed E-state index contributed by atoms with van der Waals surface area (Å²) in [4.78, 5) is 28.1. The van der Waals surface area contributed by atoms with E-state index in [0.29, 0.717) is 12.8 Å². The molecule has 5 heteroatoms. The van der Waals surface area contributed by atoms with Crippen molar-refractivity contribution in [2.75, 3.05) is 12.8 Å². The molecule has 126 valence electrons. The van der Waals surface area contributed by atoms with E-state index in [-0.39, 0.29) is 17.7 Å². The summed E-state index contributed by atoms with van der Waals surface area (Å²) in [6.07, 6.45) is 4.79. The normalized spacial score (nSPS) is 17.2. The molecule has 0 aliphatic carbocycles. The quantitative estimate of drug-likeness (QED) is 0.571. The summed E-state index contributed by atoms with van der Waals surface area (Å²) in [6, 6.07) is 9.77. The molecule has 1 aliphatic heterocycles. The van der Waals surface area contributed by atoms with Crippen molar-refractivity contribution in [3.63, 3.8) is 0 Å². The Bertz CT molecular complexity index is 695. The smallest absolute Gasteiger partial charge is 0.227 e. The first-order valence-electron chi connectivity index (χ1n) is 8.15. The van der Waals surface area contributed by atoms with Crippen molar-refractivity contribution in [2.24, 2.45) is 0 Å². The van der Waals surface area contributed by atoms with Crippen LogP contribution in [0.5, 0.6) is 0 Å². The highest BCUT2D eigenvalue weighted by atomic mass is 32.2. The van der Waals surface area contributed by atoms with Crippen molar-refractivity contribution in [2.45, 2.75) is 36.6 Å². The summed E-state index contributed by atoms with van der Waals surface area (Å²) in [5, 5.41) is 4.01. The number of likely N-dealkylation sites (tertiary alicyclic amines) is 1. The maximum Gasteiger partial charge on any atom is 0.227 e. The number of ketones is 1. The van der Waals surface area contributed by atoms with Crippen LogP contribution in [0.2, 0.25) is 0 Å². The highest BCUT2D eigenvalue weighted by Gasteiger charge is 2.30. The first kappa shape index (κ1) is 17.2. The lowest BCUT2D eigenvalue weighted by atomic mass is 10.0. The summed E-state index contributed by atoms with van der Waals surface area (Å²) in [5.74, 6) is 0.268. The molecular formula is C19H21NO2S2. The van der Waals surface area contributed by atoms with Crippen LogP contribution >= 0.6 is 23.1 Å². The second-order valence-corrected chi connectivity index (χ2v) is 7.71. The van der Waals surface area contributed by atoms with Gasteiger partial charge in [0.2, 0.25) is 5.91 Å². The monoisotopic (exact) mass is 359 g/mol. The summed E-state index contributed by atoms with van der Waals surface area (Å²) in [5.41, 5.74) is 1.81. The number of carbonyl (C=O) groups is 2. The Morgan fingerprint density at radius 1 is 1.25 bits per heavy atom. The number of benzene rings is 1. The minimum absolute atomic E-state index is 0.0452. The van der Waals surface area contributed by atoms with E-state index in [1.165, 1.54) is 0 Å². The molecule has 1 aromatic heterocycles. The first-order valence-corrected chi connectivity index (χ1v) is 10.3. The fourth-order valence-electron chi connectivity index (χ4n) is 3.15. The number of hydrogen-bond donors (Lipinski definition) is 0. The minimum atomic E-state index is 0.0452. The molecule has 0 bridgehead atoms. The van der Waals surface area contributed by atoms with E-state index >= 15 is 0 Å². The van der Waals surface area contributed by atoms with E-state index in [1.807, 2.05) is 52.2 Å². The Kier molecular flexibility index (Phi) is 5.74. The molecule has 2 heterocycles. The number of thioether (sulfide) groups is 1. The Hall–Kier alpha value is -1.59. The molecule has 3 rings (SSSR count). The number of carbonyl (C=O) groups excluding carboxylic acids is 2. The van der Waals surface area contributed by atoms with Crippen LogP contribution in [0.1, 0.15) is 35.2 Å². The Balaban J connectivity index is 1.62. The van der Waals surface area contributed by atoms with Crippen molar-refractivity contribution < 1.29 is 9.59 Å². The molecule has 0 saturated carbocycles. The van der Waals surface area contributed by atoms with E-state index < -0.39 is 0 Å². The molecule has 2 aromatic rings. The third kappa shape index (κ3) is 4.08. The Labute approximate surface area is 151 Å². The second-order valence-electron chi connectivity index (χ2n) is 6.05. The fourth-order valence-corrected chi connectivity index (χ4v) is 4.23. The zero-order valence-corrected chi connectivity index (χ0v) is 15.4. The lowest BCUT2D eigenvalue weighted by molar-refractivity contribution is -0.131. The Morgan fingerprint density at radius 2 is 2.04 bits per heavy atom. The van der Waals surface area contributed by atoms with E-state index in [0.717, 1.165) is 35.4 Å². The maximum atomic E-state index is 12.5. The van der Waals surface area contributed by atoms with Gasteiger partial charge in [0.25, 0.3) is 0 Å². The maximum absolute atomic E-state index is 12.5. The van der Waals surface area contributed by atoms with Gasteiger partial charge in [-0.2, -0.15) is 11.3 Å². The van der Waals surface area contributed by atoms with Gasteiger partial charge in [-0.3, -0.25) is 9.59 Å². The van der Waals surface area contributed by atoms with Crippen LogP contribution < -0.4 is 0 Å². The van der Waals surface area contributed by atoms with Gasteiger partial charge >= 0.3 is 0 Å². The summed E-state index contributed by atoms with van der Waals surface area (Å²) in [7, 11) is 0.